The van der Waals surface area contributed by atoms with Crippen molar-refractivity contribution in [3.8, 4) is 0 Å². The second-order valence-corrected chi connectivity index (χ2v) is 4.15. The predicted octanol–water partition coefficient (Wildman–Crippen LogP) is 2.28. The van der Waals surface area contributed by atoms with Crippen LogP contribution in [-0.4, -0.2) is 22.4 Å². The number of carbonyl (C=O) groups is 1. The van der Waals surface area contributed by atoms with Crippen molar-refractivity contribution in [2.24, 2.45) is 5.92 Å². The Bertz CT molecular complexity index is 356. The summed E-state index contributed by atoms with van der Waals surface area (Å²) in [5, 5.41) is 4.25. The van der Waals surface area contributed by atoms with E-state index in [9.17, 15) is 4.79 Å². The lowest BCUT2D eigenvalue weighted by Gasteiger charge is -2.09. The average molecular weight is 224 g/mol. The van der Waals surface area contributed by atoms with E-state index in [4.69, 9.17) is 4.74 Å². The first-order valence-corrected chi connectivity index (χ1v) is 5.81. The topological polar surface area (TPSA) is 44.1 Å². The molecule has 0 atom stereocenters. The molecule has 0 aliphatic rings. The van der Waals surface area contributed by atoms with E-state index in [2.05, 4.69) is 18.9 Å². The lowest BCUT2D eigenvalue weighted by Crippen LogP contribution is -2.12. The normalized spacial score (nSPS) is 10.8. The van der Waals surface area contributed by atoms with Crippen molar-refractivity contribution in [2.45, 2.75) is 40.7 Å². The highest BCUT2D eigenvalue weighted by Crippen LogP contribution is 2.13. The molecular weight excluding hydrogens is 204 g/mol. The van der Waals surface area contributed by atoms with Gasteiger partial charge in [-0.15, -0.1) is 0 Å². The minimum atomic E-state index is -0.269. The molecule has 0 aliphatic carbocycles. The minimum Gasteiger partial charge on any atom is -0.462 e. The van der Waals surface area contributed by atoms with Gasteiger partial charge in [-0.3, -0.25) is 4.68 Å². The predicted molar refractivity (Wildman–Crippen MR) is 62.4 cm³/mol. The zero-order valence-corrected chi connectivity index (χ0v) is 10.5. The number of aromatic nitrogens is 2. The molecule has 0 saturated heterocycles. The summed E-state index contributed by atoms with van der Waals surface area (Å²) in [6.07, 6.45) is 2.40. The third kappa shape index (κ3) is 2.84. The Hall–Kier alpha value is -1.32. The van der Waals surface area contributed by atoms with E-state index in [1.807, 2.05) is 18.5 Å². The Kier molecular flexibility index (Phi) is 4.52. The summed E-state index contributed by atoms with van der Waals surface area (Å²) in [5.41, 5.74) is 1.57. The van der Waals surface area contributed by atoms with Gasteiger partial charge < -0.3 is 4.74 Å². The van der Waals surface area contributed by atoms with Gasteiger partial charge in [0.1, 0.15) is 5.56 Å². The van der Waals surface area contributed by atoms with Crippen LogP contribution in [0.5, 0.6) is 0 Å². The second kappa shape index (κ2) is 5.68. The zero-order valence-electron chi connectivity index (χ0n) is 10.5. The molecule has 16 heavy (non-hydrogen) atoms. The van der Waals surface area contributed by atoms with E-state index in [-0.39, 0.29) is 5.97 Å². The van der Waals surface area contributed by atoms with Crippen LogP contribution < -0.4 is 0 Å². The maximum absolute atomic E-state index is 11.6. The summed E-state index contributed by atoms with van der Waals surface area (Å²) in [4.78, 5) is 11.6. The van der Waals surface area contributed by atoms with Crippen LogP contribution in [0.2, 0.25) is 0 Å². The van der Waals surface area contributed by atoms with E-state index >= 15 is 0 Å². The van der Waals surface area contributed by atoms with Gasteiger partial charge in [0.15, 0.2) is 0 Å². The van der Waals surface area contributed by atoms with E-state index < -0.39 is 0 Å². The van der Waals surface area contributed by atoms with Gasteiger partial charge in [-0.1, -0.05) is 20.8 Å². The van der Waals surface area contributed by atoms with Gasteiger partial charge in [0.2, 0.25) is 0 Å². The molecule has 1 aromatic heterocycles. The number of hydrogen-bond donors (Lipinski definition) is 0. The number of rotatable bonds is 5. The lowest BCUT2D eigenvalue weighted by molar-refractivity contribution is 0.0525. The summed E-state index contributed by atoms with van der Waals surface area (Å²) in [6.45, 7) is 9.33. The highest BCUT2D eigenvalue weighted by atomic mass is 16.5. The molecule has 0 N–H and O–H groups in total. The average Bonchev–Trinajstić information content (AvgIpc) is 2.60. The fraction of sp³-hybridized carbons (Fsp3) is 0.667. The van der Waals surface area contributed by atoms with E-state index in [0.29, 0.717) is 18.1 Å². The van der Waals surface area contributed by atoms with Crippen LogP contribution in [0.25, 0.3) is 0 Å². The van der Waals surface area contributed by atoms with Crippen molar-refractivity contribution < 1.29 is 9.53 Å². The summed E-state index contributed by atoms with van der Waals surface area (Å²) in [6, 6.07) is 0. The van der Waals surface area contributed by atoms with Gasteiger partial charge in [-0.25, -0.2) is 4.79 Å². The Morgan fingerprint density at radius 3 is 2.69 bits per heavy atom. The molecule has 0 amide bonds. The van der Waals surface area contributed by atoms with Crippen molar-refractivity contribution in [1.82, 2.24) is 9.78 Å². The first-order valence-electron chi connectivity index (χ1n) is 5.81. The number of hydrogen-bond acceptors (Lipinski definition) is 3. The fourth-order valence-electron chi connectivity index (χ4n) is 1.67. The number of ether oxygens (including phenoxy) is 1. The molecule has 0 spiro atoms. The van der Waals surface area contributed by atoms with E-state index in [1.165, 1.54) is 0 Å². The lowest BCUT2D eigenvalue weighted by atomic mass is 10.2. The van der Waals surface area contributed by atoms with Crippen molar-refractivity contribution >= 4 is 5.97 Å². The molecule has 4 heteroatoms. The quantitative estimate of drug-likeness (QED) is 0.721. The van der Waals surface area contributed by atoms with Crippen LogP contribution in [0.1, 0.15) is 43.7 Å². The van der Waals surface area contributed by atoms with Crippen LogP contribution in [-0.2, 0) is 17.7 Å². The van der Waals surface area contributed by atoms with Crippen LogP contribution >= 0.6 is 0 Å². The molecule has 1 heterocycles. The van der Waals surface area contributed by atoms with E-state index in [0.717, 1.165) is 18.7 Å². The van der Waals surface area contributed by atoms with Crippen molar-refractivity contribution in [3.63, 3.8) is 0 Å². The number of carbonyl (C=O) groups excluding carboxylic acids is 1. The third-order valence-electron chi connectivity index (χ3n) is 2.32. The molecule has 0 fully saturated rings. The van der Waals surface area contributed by atoms with Gasteiger partial charge in [0, 0.05) is 6.54 Å². The molecule has 0 aromatic carbocycles. The number of nitrogens with zero attached hydrogens (tertiary/aromatic N) is 2. The summed E-state index contributed by atoms with van der Waals surface area (Å²) in [5.74, 6) is 0.245. The smallest absolute Gasteiger partial charge is 0.341 e. The Balaban J connectivity index is 2.94. The minimum absolute atomic E-state index is 0.269. The maximum atomic E-state index is 11.6. The van der Waals surface area contributed by atoms with Gasteiger partial charge in [-0.2, -0.15) is 5.10 Å². The van der Waals surface area contributed by atoms with Gasteiger partial charge in [-0.05, 0) is 19.3 Å². The molecule has 0 radical (unpaired) electrons. The zero-order chi connectivity index (χ0) is 12.1. The van der Waals surface area contributed by atoms with Crippen molar-refractivity contribution in [2.75, 3.05) is 6.61 Å². The monoisotopic (exact) mass is 224 g/mol. The molecule has 0 aliphatic heterocycles. The van der Waals surface area contributed by atoms with Crippen molar-refractivity contribution in [1.29, 1.82) is 0 Å². The molecule has 90 valence electrons. The molecule has 1 aromatic rings. The molecule has 4 nitrogen and oxygen atoms in total. The largest absolute Gasteiger partial charge is 0.462 e. The molecular formula is C12H20N2O2. The van der Waals surface area contributed by atoms with Crippen LogP contribution in [0.3, 0.4) is 0 Å². The fourth-order valence-corrected chi connectivity index (χ4v) is 1.67. The summed E-state index contributed by atoms with van der Waals surface area (Å²) in [7, 11) is 0. The highest BCUT2D eigenvalue weighted by Gasteiger charge is 2.17. The second-order valence-electron chi connectivity index (χ2n) is 4.15. The Morgan fingerprint density at radius 2 is 2.19 bits per heavy atom. The standard InChI is InChI=1S/C12H20N2O2/c1-5-11-10(12(15)16-6-2)7-13-14(11)8-9(3)4/h7,9H,5-6,8H2,1-4H3. The summed E-state index contributed by atoms with van der Waals surface area (Å²) < 4.78 is 6.90. The van der Waals surface area contributed by atoms with Gasteiger partial charge in [0.05, 0.1) is 18.5 Å². The maximum Gasteiger partial charge on any atom is 0.341 e. The molecule has 0 saturated carbocycles. The van der Waals surface area contributed by atoms with Crippen LogP contribution in [0, 0.1) is 5.92 Å². The Morgan fingerprint density at radius 1 is 1.50 bits per heavy atom. The summed E-state index contributed by atoms with van der Waals surface area (Å²) >= 11 is 0. The molecule has 0 unspecified atom stereocenters. The van der Waals surface area contributed by atoms with Gasteiger partial charge in [0.25, 0.3) is 0 Å². The van der Waals surface area contributed by atoms with Crippen LogP contribution in [0.4, 0.5) is 0 Å². The van der Waals surface area contributed by atoms with Gasteiger partial charge >= 0.3 is 5.97 Å². The molecule has 0 bridgehead atoms. The first-order chi connectivity index (χ1) is 7.60. The first kappa shape index (κ1) is 12.7. The Labute approximate surface area is 96.6 Å². The van der Waals surface area contributed by atoms with Crippen molar-refractivity contribution in [3.05, 3.63) is 17.5 Å². The molecule has 1 rings (SSSR count). The third-order valence-corrected chi connectivity index (χ3v) is 2.32. The number of esters is 1. The van der Waals surface area contributed by atoms with E-state index in [1.54, 1.807) is 6.20 Å². The van der Waals surface area contributed by atoms with Crippen LogP contribution in [0.15, 0.2) is 6.20 Å². The highest BCUT2D eigenvalue weighted by molar-refractivity contribution is 5.90. The SMILES string of the molecule is CCOC(=O)c1cnn(CC(C)C)c1CC.